The molecule has 0 aromatic heterocycles. The van der Waals surface area contributed by atoms with Crippen molar-refractivity contribution in [1.29, 1.82) is 0 Å². The summed E-state index contributed by atoms with van der Waals surface area (Å²) in [5.74, 6) is -1.09. The van der Waals surface area contributed by atoms with Gasteiger partial charge in [-0.15, -0.1) is 5.06 Å². The van der Waals surface area contributed by atoms with Gasteiger partial charge in [-0.2, -0.15) is 0 Å². The summed E-state index contributed by atoms with van der Waals surface area (Å²) >= 11 is 0. The van der Waals surface area contributed by atoms with E-state index in [1.165, 1.54) is 83.5 Å². The quantitative estimate of drug-likeness (QED) is 0.101. The number of rotatable bonds is 24. The number of unbranched alkanes of at least 4 members (excludes halogenated alkanes) is 17. The van der Waals surface area contributed by atoms with Gasteiger partial charge in [-0.1, -0.05) is 110 Å². The topological polar surface area (TPSA) is 80.8 Å². The number of hydroxylamine groups is 2. The molecule has 202 valence electrons. The van der Waals surface area contributed by atoms with Gasteiger partial charge in [0.1, 0.15) is 5.78 Å². The molecule has 1 fully saturated rings. The number of nitrogens with zero attached hydrogens (tertiary/aromatic N) is 1. The zero-order chi connectivity index (χ0) is 25.6. The monoisotopic (exact) mass is 493 g/mol. The second kappa shape index (κ2) is 21.6. The van der Waals surface area contributed by atoms with Gasteiger partial charge in [0.15, 0.2) is 0 Å². The van der Waals surface area contributed by atoms with E-state index in [2.05, 4.69) is 6.92 Å². The Morgan fingerprint density at radius 2 is 0.914 bits per heavy atom. The molecule has 0 unspecified atom stereocenters. The fraction of sp³-hybridized carbons (Fsp3) is 0.862. The Morgan fingerprint density at radius 3 is 1.31 bits per heavy atom. The minimum Gasteiger partial charge on any atom is -0.330 e. The van der Waals surface area contributed by atoms with Gasteiger partial charge in [0.05, 0.1) is 0 Å². The smallest absolute Gasteiger partial charge is 0.330 e. The van der Waals surface area contributed by atoms with Crippen molar-refractivity contribution in [3.8, 4) is 0 Å². The SMILES string of the molecule is CCCCCCCCCCCCCCCCCC(=O)CCCCCCC(=O)ON1C(=O)CCC1=O. The van der Waals surface area contributed by atoms with Crippen LogP contribution in [-0.2, 0) is 24.0 Å². The van der Waals surface area contributed by atoms with Crippen molar-refractivity contribution in [1.82, 2.24) is 5.06 Å². The highest BCUT2D eigenvalue weighted by molar-refractivity contribution is 6.01. The van der Waals surface area contributed by atoms with Gasteiger partial charge in [-0.25, -0.2) is 4.79 Å². The molecule has 6 heteroatoms. The Morgan fingerprint density at radius 1 is 0.571 bits per heavy atom. The second-order valence-corrected chi connectivity index (χ2v) is 10.2. The Balaban J connectivity index is 1.79. The molecular weight excluding hydrogens is 442 g/mol. The molecule has 2 amide bonds. The van der Waals surface area contributed by atoms with E-state index in [1.54, 1.807) is 0 Å². The van der Waals surface area contributed by atoms with Crippen LogP contribution in [0.25, 0.3) is 0 Å². The minimum atomic E-state index is -0.544. The summed E-state index contributed by atoms with van der Waals surface area (Å²) < 4.78 is 0. The average molecular weight is 494 g/mol. The Kier molecular flexibility index (Phi) is 19.3. The Bertz CT molecular complexity index is 588. The molecule has 0 bridgehead atoms. The van der Waals surface area contributed by atoms with Crippen molar-refractivity contribution in [3.63, 3.8) is 0 Å². The van der Waals surface area contributed by atoms with Gasteiger partial charge in [-0.3, -0.25) is 14.4 Å². The third kappa shape index (κ3) is 17.4. The molecule has 0 saturated carbocycles. The van der Waals surface area contributed by atoms with Crippen LogP contribution in [0.4, 0.5) is 0 Å². The number of ketones is 1. The molecule has 1 rings (SSSR count). The summed E-state index contributed by atoms with van der Waals surface area (Å²) in [5.41, 5.74) is 0. The first-order chi connectivity index (χ1) is 17.0. The number of carbonyl (C=O) groups excluding carboxylic acids is 4. The van der Waals surface area contributed by atoms with Crippen LogP contribution in [0.1, 0.15) is 161 Å². The molecule has 0 N–H and O–H groups in total. The number of hydrogen-bond acceptors (Lipinski definition) is 5. The van der Waals surface area contributed by atoms with Gasteiger partial charge in [0, 0.05) is 32.1 Å². The number of hydrogen-bond donors (Lipinski definition) is 0. The second-order valence-electron chi connectivity index (χ2n) is 10.2. The standard InChI is InChI=1S/C29H51NO5/c1-2-3-4-5-6-7-8-9-10-11-12-13-14-15-18-21-26(31)22-19-16-17-20-23-29(34)35-30-27(32)24-25-28(30)33/h2-25H2,1H3. The summed E-state index contributed by atoms with van der Waals surface area (Å²) in [5, 5.41) is 0.596. The van der Waals surface area contributed by atoms with Crippen molar-refractivity contribution < 1.29 is 24.0 Å². The van der Waals surface area contributed by atoms with Gasteiger partial charge in [-0.05, 0) is 19.3 Å². The highest BCUT2D eigenvalue weighted by Crippen LogP contribution is 2.16. The first kappa shape index (κ1) is 31.3. The molecule has 0 aromatic carbocycles. The lowest BCUT2D eigenvalue weighted by Crippen LogP contribution is -2.31. The highest BCUT2D eigenvalue weighted by atomic mass is 16.7. The highest BCUT2D eigenvalue weighted by Gasteiger charge is 2.32. The van der Waals surface area contributed by atoms with Crippen LogP contribution in [0.5, 0.6) is 0 Å². The van der Waals surface area contributed by atoms with E-state index in [9.17, 15) is 19.2 Å². The van der Waals surface area contributed by atoms with Crippen molar-refractivity contribution in [2.45, 2.75) is 161 Å². The van der Waals surface area contributed by atoms with Gasteiger partial charge < -0.3 is 4.84 Å². The number of imide groups is 1. The van der Waals surface area contributed by atoms with E-state index < -0.39 is 17.8 Å². The van der Waals surface area contributed by atoms with Crippen LogP contribution in [0.2, 0.25) is 0 Å². The molecular formula is C29H51NO5. The van der Waals surface area contributed by atoms with Crippen molar-refractivity contribution in [2.75, 3.05) is 0 Å². The van der Waals surface area contributed by atoms with Crippen LogP contribution >= 0.6 is 0 Å². The molecule has 1 aliphatic rings. The van der Waals surface area contributed by atoms with E-state index in [1.807, 2.05) is 0 Å². The molecule has 0 aliphatic carbocycles. The molecule has 0 aromatic rings. The molecule has 0 radical (unpaired) electrons. The summed E-state index contributed by atoms with van der Waals surface area (Å²) in [6, 6.07) is 0. The fourth-order valence-corrected chi connectivity index (χ4v) is 4.57. The van der Waals surface area contributed by atoms with Gasteiger partial charge in [0.25, 0.3) is 11.8 Å². The minimum absolute atomic E-state index is 0.111. The van der Waals surface area contributed by atoms with E-state index in [0.717, 1.165) is 32.1 Å². The van der Waals surface area contributed by atoms with E-state index in [-0.39, 0.29) is 19.3 Å². The first-order valence-corrected chi connectivity index (χ1v) is 14.6. The van der Waals surface area contributed by atoms with Crippen molar-refractivity contribution >= 4 is 23.6 Å². The fourth-order valence-electron chi connectivity index (χ4n) is 4.57. The van der Waals surface area contributed by atoms with Crippen molar-refractivity contribution in [2.24, 2.45) is 0 Å². The first-order valence-electron chi connectivity index (χ1n) is 14.6. The van der Waals surface area contributed by atoms with Crippen LogP contribution in [0.3, 0.4) is 0 Å². The lowest BCUT2D eigenvalue weighted by molar-refractivity contribution is -0.197. The maximum Gasteiger partial charge on any atom is 0.333 e. The van der Waals surface area contributed by atoms with E-state index in [4.69, 9.17) is 4.84 Å². The van der Waals surface area contributed by atoms with E-state index in [0.29, 0.717) is 30.1 Å². The Labute approximate surface area is 213 Å². The molecule has 0 spiro atoms. The predicted molar refractivity (Wildman–Crippen MR) is 139 cm³/mol. The van der Waals surface area contributed by atoms with Crippen LogP contribution < -0.4 is 0 Å². The Hall–Kier alpha value is -1.72. The lowest BCUT2D eigenvalue weighted by Gasteiger charge is -2.12. The molecule has 0 atom stereocenters. The normalized spacial score (nSPS) is 13.6. The third-order valence-electron chi connectivity index (χ3n) is 6.84. The molecule has 1 aliphatic heterocycles. The maximum absolute atomic E-state index is 12.0. The summed E-state index contributed by atoms with van der Waals surface area (Å²) in [6.45, 7) is 2.27. The molecule has 6 nitrogen and oxygen atoms in total. The maximum atomic E-state index is 12.0. The third-order valence-corrected chi connectivity index (χ3v) is 6.84. The molecule has 1 heterocycles. The van der Waals surface area contributed by atoms with Gasteiger partial charge >= 0.3 is 5.97 Å². The van der Waals surface area contributed by atoms with Crippen LogP contribution in [-0.4, -0.2) is 28.6 Å². The summed E-state index contributed by atoms with van der Waals surface area (Å²) in [7, 11) is 0. The number of Topliss-reactive ketones (excluding diaryl/α,β-unsaturated/α-hetero) is 1. The van der Waals surface area contributed by atoms with E-state index >= 15 is 0 Å². The summed E-state index contributed by atoms with van der Waals surface area (Å²) in [6.07, 6.45) is 25.0. The number of amides is 2. The van der Waals surface area contributed by atoms with Gasteiger partial charge in [0.2, 0.25) is 0 Å². The zero-order valence-corrected chi connectivity index (χ0v) is 22.5. The molecule has 35 heavy (non-hydrogen) atoms. The lowest BCUT2D eigenvalue weighted by atomic mass is 10.0. The molecule has 1 saturated heterocycles. The van der Waals surface area contributed by atoms with Crippen molar-refractivity contribution in [3.05, 3.63) is 0 Å². The van der Waals surface area contributed by atoms with Crippen LogP contribution in [0.15, 0.2) is 0 Å². The average Bonchev–Trinajstić information content (AvgIpc) is 3.15. The number of carbonyl (C=O) groups is 4. The summed E-state index contributed by atoms with van der Waals surface area (Å²) in [4.78, 5) is 51.4. The van der Waals surface area contributed by atoms with Crippen LogP contribution in [0, 0.1) is 0 Å². The largest absolute Gasteiger partial charge is 0.333 e. The zero-order valence-electron chi connectivity index (χ0n) is 22.5. The predicted octanol–water partition coefficient (Wildman–Crippen LogP) is 7.76.